The van der Waals surface area contributed by atoms with E-state index < -0.39 is 5.60 Å². The minimum Gasteiger partial charge on any atom is -0.395 e. The summed E-state index contributed by atoms with van der Waals surface area (Å²) in [5.41, 5.74) is 0.0197. The number of benzene rings is 2. The molecule has 0 atom stereocenters. The summed E-state index contributed by atoms with van der Waals surface area (Å²) in [5, 5.41) is 29.4. The van der Waals surface area contributed by atoms with Gasteiger partial charge in [-0.3, -0.25) is 4.90 Å². The molecule has 0 aliphatic carbocycles. The molecule has 0 radical (unpaired) electrons. The van der Waals surface area contributed by atoms with Crippen LogP contribution in [0.3, 0.4) is 0 Å². The van der Waals surface area contributed by atoms with Gasteiger partial charge < -0.3 is 15.3 Å². The van der Waals surface area contributed by atoms with Crippen LogP contribution in [-0.4, -0.2) is 53.1 Å². The molecule has 0 saturated carbocycles. The van der Waals surface area contributed by atoms with E-state index in [9.17, 15) is 5.11 Å². The molecule has 0 spiro atoms. The van der Waals surface area contributed by atoms with Crippen LogP contribution in [0, 0.1) is 11.8 Å². The fourth-order valence-corrected chi connectivity index (χ4v) is 2.50. The van der Waals surface area contributed by atoms with Crippen molar-refractivity contribution < 1.29 is 15.3 Å². The van der Waals surface area contributed by atoms with Gasteiger partial charge in [0.05, 0.1) is 19.8 Å². The first-order chi connectivity index (χ1) is 11.7. The molecule has 2 aromatic carbocycles. The van der Waals surface area contributed by atoms with Crippen LogP contribution in [0.25, 0.3) is 0 Å². The maximum Gasteiger partial charge on any atom is 0.176 e. The summed E-state index contributed by atoms with van der Waals surface area (Å²) in [4.78, 5) is 1.84. The lowest BCUT2D eigenvalue weighted by atomic mass is 9.87. The fourth-order valence-electron chi connectivity index (χ4n) is 2.50. The van der Waals surface area contributed by atoms with Crippen molar-refractivity contribution in [1.82, 2.24) is 4.90 Å². The average Bonchev–Trinajstić information content (AvgIpc) is 2.63. The molecule has 0 aromatic heterocycles. The van der Waals surface area contributed by atoms with Gasteiger partial charge in [0.15, 0.2) is 5.60 Å². The number of hydrogen-bond donors (Lipinski definition) is 3. The fraction of sp³-hybridized carbons (Fsp3) is 0.300. The van der Waals surface area contributed by atoms with E-state index >= 15 is 0 Å². The summed E-state index contributed by atoms with van der Waals surface area (Å²) < 4.78 is 0. The van der Waals surface area contributed by atoms with Crippen molar-refractivity contribution in [3.63, 3.8) is 0 Å². The zero-order chi connectivity index (χ0) is 17.3. The Balaban J connectivity index is 2.30. The van der Waals surface area contributed by atoms with E-state index in [2.05, 4.69) is 11.8 Å². The van der Waals surface area contributed by atoms with Crippen molar-refractivity contribution >= 4 is 0 Å². The Morgan fingerprint density at radius 3 is 1.67 bits per heavy atom. The van der Waals surface area contributed by atoms with Gasteiger partial charge in [-0.05, 0) is 0 Å². The van der Waals surface area contributed by atoms with Crippen LogP contribution in [-0.2, 0) is 5.60 Å². The lowest BCUT2D eigenvalue weighted by Crippen LogP contribution is -2.31. The summed E-state index contributed by atoms with van der Waals surface area (Å²) in [7, 11) is 0. The van der Waals surface area contributed by atoms with Crippen LogP contribution in [0.1, 0.15) is 11.1 Å². The van der Waals surface area contributed by atoms with Gasteiger partial charge >= 0.3 is 0 Å². The lowest BCUT2D eigenvalue weighted by molar-refractivity contribution is 0.144. The Morgan fingerprint density at radius 2 is 1.25 bits per heavy atom. The first-order valence-electron chi connectivity index (χ1n) is 7.98. The summed E-state index contributed by atoms with van der Waals surface area (Å²) in [6, 6.07) is 18.7. The Bertz CT molecular complexity index is 616. The highest BCUT2D eigenvalue weighted by Gasteiger charge is 2.28. The molecule has 0 saturated heterocycles. The zero-order valence-electron chi connectivity index (χ0n) is 13.6. The quantitative estimate of drug-likeness (QED) is 0.670. The predicted octanol–water partition coefficient (Wildman–Crippen LogP) is 1.21. The molecule has 0 bridgehead atoms. The Morgan fingerprint density at radius 1 is 0.792 bits per heavy atom. The van der Waals surface area contributed by atoms with Gasteiger partial charge in [-0.25, -0.2) is 0 Å². The van der Waals surface area contributed by atoms with E-state index in [1.165, 1.54) is 0 Å². The number of nitrogens with zero attached hydrogens (tertiary/aromatic N) is 1. The molecule has 24 heavy (non-hydrogen) atoms. The first-order valence-corrected chi connectivity index (χ1v) is 7.98. The second-order valence-electron chi connectivity index (χ2n) is 5.47. The third-order valence-electron chi connectivity index (χ3n) is 3.79. The van der Waals surface area contributed by atoms with Gasteiger partial charge in [0, 0.05) is 24.2 Å². The van der Waals surface area contributed by atoms with Gasteiger partial charge in [-0.2, -0.15) is 0 Å². The normalized spacial score (nSPS) is 11.2. The van der Waals surface area contributed by atoms with Gasteiger partial charge in [0.1, 0.15) is 0 Å². The van der Waals surface area contributed by atoms with Crippen LogP contribution in [0.5, 0.6) is 0 Å². The van der Waals surface area contributed by atoms with E-state index in [1.54, 1.807) is 0 Å². The molecular weight excluding hydrogens is 302 g/mol. The molecule has 4 heteroatoms. The van der Waals surface area contributed by atoms with Gasteiger partial charge in [-0.1, -0.05) is 72.5 Å². The zero-order valence-corrected chi connectivity index (χ0v) is 13.6. The Hall–Kier alpha value is -2.16. The lowest BCUT2D eigenvalue weighted by Gasteiger charge is -2.24. The second-order valence-corrected chi connectivity index (χ2v) is 5.47. The largest absolute Gasteiger partial charge is 0.395 e. The highest BCUT2D eigenvalue weighted by atomic mass is 16.3. The first kappa shape index (κ1) is 18.2. The number of aliphatic hydroxyl groups is 3. The average molecular weight is 325 g/mol. The van der Waals surface area contributed by atoms with Crippen molar-refractivity contribution in [3.05, 3.63) is 71.8 Å². The summed E-state index contributed by atoms with van der Waals surface area (Å²) in [6.07, 6.45) is 0. The van der Waals surface area contributed by atoms with Gasteiger partial charge in [-0.15, -0.1) is 0 Å². The standard InChI is InChI=1S/C20H23NO3/c22-16-14-21(15-17-23)13-7-12-20(24,18-8-3-1-4-9-18)19-10-5-2-6-11-19/h1-6,8-11,22-24H,13-17H2. The smallest absolute Gasteiger partial charge is 0.176 e. The highest BCUT2D eigenvalue weighted by molar-refractivity contribution is 5.44. The molecule has 0 amide bonds. The van der Waals surface area contributed by atoms with Crippen LogP contribution in [0.15, 0.2) is 60.7 Å². The molecule has 2 aromatic rings. The molecule has 4 nitrogen and oxygen atoms in total. The minimum atomic E-state index is -1.40. The minimum absolute atomic E-state index is 0.00329. The maximum atomic E-state index is 11.2. The van der Waals surface area contributed by atoms with E-state index in [0.29, 0.717) is 30.8 Å². The molecule has 0 heterocycles. The molecule has 0 unspecified atom stereocenters. The van der Waals surface area contributed by atoms with E-state index in [1.807, 2.05) is 65.6 Å². The number of rotatable bonds is 7. The third kappa shape index (κ3) is 4.67. The number of aliphatic hydroxyl groups excluding tert-OH is 2. The molecular formula is C20H23NO3. The molecule has 3 N–H and O–H groups in total. The molecule has 126 valence electrons. The van der Waals surface area contributed by atoms with E-state index in [4.69, 9.17) is 10.2 Å². The van der Waals surface area contributed by atoms with Crippen LogP contribution >= 0.6 is 0 Å². The van der Waals surface area contributed by atoms with Crippen LogP contribution < -0.4 is 0 Å². The molecule has 2 rings (SSSR count). The predicted molar refractivity (Wildman–Crippen MR) is 94.3 cm³/mol. The van der Waals surface area contributed by atoms with Crippen molar-refractivity contribution in [3.8, 4) is 11.8 Å². The molecule has 0 aliphatic rings. The monoisotopic (exact) mass is 325 g/mol. The molecule has 0 aliphatic heterocycles. The SMILES string of the molecule is OCCN(CC#CC(O)(c1ccccc1)c1ccccc1)CCO. The van der Waals surface area contributed by atoms with Crippen LogP contribution in [0.4, 0.5) is 0 Å². The van der Waals surface area contributed by atoms with Crippen molar-refractivity contribution in [2.45, 2.75) is 5.60 Å². The third-order valence-corrected chi connectivity index (χ3v) is 3.79. The van der Waals surface area contributed by atoms with Crippen molar-refractivity contribution in [2.75, 3.05) is 32.8 Å². The van der Waals surface area contributed by atoms with Crippen molar-refractivity contribution in [2.24, 2.45) is 0 Å². The van der Waals surface area contributed by atoms with E-state index in [0.717, 1.165) is 0 Å². The topological polar surface area (TPSA) is 63.9 Å². The Labute approximate surface area is 143 Å². The summed E-state index contributed by atoms with van der Waals surface area (Å²) in [6.45, 7) is 1.24. The summed E-state index contributed by atoms with van der Waals surface area (Å²) in [5.74, 6) is 5.97. The maximum absolute atomic E-state index is 11.2. The van der Waals surface area contributed by atoms with Crippen LogP contribution in [0.2, 0.25) is 0 Å². The van der Waals surface area contributed by atoms with Gasteiger partial charge in [0.25, 0.3) is 0 Å². The van der Waals surface area contributed by atoms with E-state index in [-0.39, 0.29) is 13.2 Å². The van der Waals surface area contributed by atoms with Crippen molar-refractivity contribution in [1.29, 1.82) is 0 Å². The number of hydrogen-bond acceptors (Lipinski definition) is 4. The summed E-state index contributed by atoms with van der Waals surface area (Å²) >= 11 is 0. The molecule has 0 fully saturated rings. The Kier molecular flexibility index (Phi) is 6.98. The second kappa shape index (κ2) is 9.21. The van der Waals surface area contributed by atoms with Gasteiger partial charge in [0.2, 0.25) is 0 Å². The highest BCUT2D eigenvalue weighted by Crippen LogP contribution is 2.28.